The summed E-state index contributed by atoms with van der Waals surface area (Å²) >= 11 is 0. The molecule has 0 atom stereocenters. The summed E-state index contributed by atoms with van der Waals surface area (Å²) < 4.78 is 2.05. The Morgan fingerprint density at radius 2 is 2.05 bits per heavy atom. The molecule has 0 spiro atoms. The van der Waals surface area contributed by atoms with Gasteiger partial charge in [-0.1, -0.05) is 19.3 Å². The van der Waals surface area contributed by atoms with E-state index >= 15 is 0 Å². The third-order valence-electron chi connectivity index (χ3n) is 4.42. The molecule has 2 aliphatic carbocycles. The summed E-state index contributed by atoms with van der Waals surface area (Å²) in [5.41, 5.74) is 7.22. The summed E-state index contributed by atoms with van der Waals surface area (Å²) in [7, 11) is 0. The molecule has 1 heterocycles. The Labute approximate surface area is 114 Å². The van der Waals surface area contributed by atoms with Crippen LogP contribution in [0, 0.1) is 0 Å². The van der Waals surface area contributed by atoms with E-state index in [0.29, 0.717) is 11.7 Å². The number of nitrogen functional groups attached to an aromatic ring is 1. The van der Waals surface area contributed by atoms with Gasteiger partial charge in [-0.25, -0.2) is 0 Å². The number of amides is 1. The molecular formula is C15H23N3O. The number of carbonyl (C=O) groups is 1. The lowest BCUT2D eigenvalue weighted by Crippen LogP contribution is -2.47. The predicted octanol–water partition coefficient (Wildman–Crippen LogP) is 2.86. The van der Waals surface area contributed by atoms with Crippen LogP contribution >= 0.6 is 0 Å². The van der Waals surface area contributed by atoms with Crippen molar-refractivity contribution in [2.45, 2.75) is 63.5 Å². The minimum Gasteiger partial charge on any atom is -0.397 e. The zero-order chi connectivity index (χ0) is 13.5. The van der Waals surface area contributed by atoms with Crippen molar-refractivity contribution in [3.8, 4) is 0 Å². The molecule has 1 aromatic heterocycles. The second-order valence-electron chi connectivity index (χ2n) is 6.37. The molecule has 3 N–H and O–H groups in total. The van der Waals surface area contributed by atoms with Gasteiger partial charge in [0.15, 0.2) is 0 Å². The minimum absolute atomic E-state index is 0.0352. The number of nitrogens with zero attached hydrogens (tertiary/aromatic N) is 1. The number of anilines is 1. The van der Waals surface area contributed by atoms with Gasteiger partial charge in [-0.05, 0) is 38.7 Å². The molecule has 0 bridgehead atoms. The lowest BCUT2D eigenvalue weighted by molar-refractivity contribution is 0.0873. The van der Waals surface area contributed by atoms with E-state index in [1.165, 1.54) is 19.3 Å². The number of hydrogen-bond donors (Lipinski definition) is 2. The molecule has 4 heteroatoms. The topological polar surface area (TPSA) is 60.1 Å². The molecular weight excluding hydrogens is 238 g/mol. The van der Waals surface area contributed by atoms with E-state index in [1.54, 1.807) is 6.07 Å². The Balaban J connectivity index is 1.76. The van der Waals surface area contributed by atoms with Crippen LogP contribution in [0.4, 0.5) is 5.69 Å². The zero-order valence-corrected chi connectivity index (χ0v) is 11.6. The highest BCUT2D eigenvalue weighted by molar-refractivity contribution is 5.94. The zero-order valence-electron chi connectivity index (χ0n) is 11.6. The molecule has 104 valence electrons. The number of nitrogens with one attached hydrogen (secondary N) is 1. The Morgan fingerprint density at radius 1 is 1.37 bits per heavy atom. The monoisotopic (exact) mass is 261 g/mol. The number of rotatable bonds is 3. The molecule has 1 aromatic rings. The van der Waals surface area contributed by atoms with Crippen molar-refractivity contribution in [2.24, 2.45) is 0 Å². The molecule has 2 aliphatic rings. The van der Waals surface area contributed by atoms with Gasteiger partial charge >= 0.3 is 0 Å². The van der Waals surface area contributed by atoms with Crippen LogP contribution in [-0.4, -0.2) is 16.0 Å². The molecule has 0 saturated heterocycles. The number of aromatic nitrogens is 1. The van der Waals surface area contributed by atoms with E-state index in [-0.39, 0.29) is 11.4 Å². The molecule has 1 amide bonds. The van der Waals surface area contributed by atoms with E-state index in [0.717, 1.165) is 31.4 Å². The molecule has 0 aliphatic heterocycles. The van der Waals surface area contributed by atoms with Gasteiger partial charge in [0.25, 0.3) is 5.91 Å². The second kappa shape index (κ2) is 4.58. The Hall–Kier alpha value is -1.45. The summed E-state index contributed by atoms with van der Waals surface area (Å²) in [6.07, 6.45) is 10.1. The Kier molecular flexibility index (Phi) is 3.03. The first-order chi connectivity index (χ1) is 9.07. The molecule has 4 nitrogen and oxygen atoms in total. The van der Waals surface area contributed by atoms with Gasteiger partial charge in [-0.15, -0.1) is 0 Å². The van der Waals surface area contributed by atoms with Crippen LogP contribution in [0.3, 0.4) is 0 Å². The fraction of sp³-hybridized carbons (Fsp3) is 0.667. The standard InChI is InChI=1S/C15H23N3O/c1-15(7-3-2-4-8-15)17-14(19)13-9-11(16)10-18(13)12-5-6-12/h9-10,12H,2-8,16H2,1H3,(H,17,19). The fourth-order valence-electron chi connectivity index (χ4n) is 3.13. The van der Waals surface area contributed by atoms with Gasteiger partial charge in [-0.3, -0.25) is 4.79 Å². The van der Waals surface area contributed by atoms with Crippen LogP contribution in [0.25, 0.3) is 0 Å². The van der Waals surface area contributed by atoms with Gasteiger partial charge in [-0.2, -0.15) is 0 Å². The van der Waals surface area contributed by atoms with Crippen LogP contribution < -0.4 is 11.1 Å². The fourth-order valence-corrected chi connectivity index (χ4v) is 3.13. The average molecular weight is 261 g/mol. The van der Waals surface area contributed by atoms with Crippen LogP contribution in [-0.2, 0) is 0 Å². The van der Waals surface area contributed by atoms with Crippen molar-refractivity contribution in [3.63, 3.8) is 0 Å². The third-order valence-corrected chi connectivity index (χ3v) is 4.42. The van der Waals surface area contributed by atoms with Crippen LogP contribution in [0.5, 0.6) is 0 Å². The van der Waals surface area contributed by atoms with Gasteiger partial charge in [0, 0.05) is 17.8 Å². The van der Waals surface area contributed by atoms with E-state index in [9.17, 15) is 4.79 Å². The Morgan fingerprint density at radius 3 is 2.68 bits per heavy atom. The van der Waals surface area contributed by atoms with Crippen molar-refractivity contribution in [1.82, 2.24) is 9.88 Å². The van der Waals surface area contributed by atoms with Crippen molar-refractivity contribution in [2.75, 3.05) is 5.73 Å². The highest BCUT2D eigenvalue weighted by Crippen LogP contribution is 2.37. The quantitative estimate of drug-likeness (QED) is 0.879. The number of carbonyl (C=O) groups excluding carboxylic acids is 1. The maximum atomic E-state index is 12.5. The van der Waals surface area contributed by atoms with E-state index in [2.05, 4.69) is 16.8 Å². The average Bonchev–Trinajstić information content (AvgIpc) is 3.12. The first-order valence-electron chi connectivity index (χ1n) is 7.37. The van der Waals surface area contributed by atoms with E-state index < -0.39 is 0 Å². The maximum absolute atomic E-state index is 12.5. The molecule has 19 heavy (non-hydrogen) atoms. The highest BCUT2D eigenvalue weighted by Gasteiger charge is 2.32. The predicted molar refractivity (Wildman–Crippen MR) is 76.1 cm³/mol. The van der Waals surface area contributed by atoms with Crippen molar-refractivity contribution in [3.05, 3.63) is 18.0 Å². The molecule has 2 saturated carbocycles. The molecule has 0 aromatic carbocycles. The van der Waals surface area contributed by atoms with Gasteiger partial charge in [0.1, 0.15) is 5.69 Å². The Bertz CT molecular complexity index is 482. The first-order valence-corrected chi connectivity index (χ1v) is 7.37. The number of hydrogen-bond acceptors (Lipinski definition) is 2. The van der Waals surface area contributed by atoms with Crippen molar-refractivity contribution >= 4 is 11.6 Å². The number of nitrogens with two attached hydrogens (primary N) is 1. The maximum Gasteiger partial charge on any atom is 0.268 e. The van der Waals surface area contributed by atoms with Crippen molar-refractivity contribution in [1.29, 1.82) is 0 Å². The van der Waals surface area contributed by atoms with Gasteiger partial charge < -0.3 is 15.6 Å². The molecule has 0 radical (unpaired) electrons. The minimum atomic E-state index is -0.0389. The van der Waals surface area contributed by atoms with E-state index in [1.807, 2.05) is 6.20 Å². The lowest BCUT2D eigenvalue weighted by Gasteiger charge is -2.34. The van der Waals surface area contributed by atoms with Crippen LogP contribution in [0.2, 0.25) is 0 Å². The van der Waals surface area contributed by atoms with Gasteiger partial charge in [0.05, 0.1) is 5.69 Å². The van der Waals surface area contributed by atoms with Gasteiger partial charge in [0.2, 0.25) is 0 Å². The van der Waals surface area contributed by atoms with E-state index in [4.69, 9.17) is 5.73 Å². The van der Waals surface area contributed by atoms with Crippen LogP contribution in [0.1, 0.15) is 68.4 Å². The SMILES string of the molecule is CC1(NC(=O)c2cc(N)cn2C2CC2)CCCCC1. The van der Waals surface area contributed by atoms with Crippen LogP contribution in [0.15, 0.2) is 12.3 Å². The second-order valence-corrected chi connectivity index (χ2v) is 6.37. The summed E-state index contributed by atoms with van der Waals surface area (Å²) in [5.74, 6) is 0.0352. The largest absolute Gasteiger partial charge is 0.397 e. The highest BCUT2D eigenvalue weighted by atomic mass is 16.2. The summed E-state index contributed by atoms with van der Waals surface area (Å²) in [6, 6.07) is 2.29. The summed E-state index contributed by atoms with van der Waals surface area (Å²) in [4.78, 5) is 12.5. The molecule has 0 unspecified atom stereocenters. The summed E-state index contributed by atoms with van der Waals surface area (Å²) in [6.45, 7) is 2.16. The first kappa shape index (κ1) is 12.6. The normalized spacial score (nSPS) is 22.2. The third kappa shape index (κ3) is 2.62. The molecule has 2 fully saturated rings. The molecule has 3 rings (SSSR count). The van der Waals surface area contributed by atoms with Crippen molar-refractivity contribution < 1.29 is 4.79 Å². The lowest BCUT2D eigenvalue weighted by atomic mass is 9.83. The smallest absolute Gasteiger partial charge is 0.268 e. The summed E-state index contributed by atoms with van der Waals surface area (Å²) in [5, 5.41) is 3.23.